The maximum Gasteiger partial charge on any atom is 0.284 e. The number of nitrogens with two attached hydrogens (primary N) is 1. The maximum absolute atomic E-state index is 11.3. The lowest BCUT2D eigenvalue weighted by Crippen LogP contribution is -2.30. The van der Waals surface area contributed by atoms with Crippen molar-refractivity contribution in [3.8, 4) is 10.7 Å². The van der Waals surface area contributed by atoms with E-state index in [4.69, 9.17) is 8.58 Å². The van der Waals surface area contributed by atoms with Crippen LogP contribution in [0.5, 0.6) is 0 Å². The zero-order chi connectivity index (χ0) is 12.6. The fourth-order valence-corrected chi connectivity index (χ4v) is 2.18. The van der Waals surface area contributed by atoms with Gasteiger partial charge in [-0.15, -0.1) is 22.7 Å². The number of thiazole rings is 2. The van der Waals surface area contributed by atoms with Crippen molar-refractivity contribution in [1.82, 2.24) is 15.4 Å². The second kappa shape index (κ2) is 4.05. The zero-order valence-electron chi connectivity index (χ0n) is 9.70. The summed E-state index contributed by atoms with van der Waals surface area (Å²) in [6.45, 7) is 1.79. The smallest absolute Gasteiger partial charge is 0.284 e. The molecule has 0 aliphatic rings. The Morgan fingerprint density at radius 2 is 2.33 bits per heavy atom. The SMILES string of the molecule is [2H]c1sc(-c2nc(C)sc2[2H])nc1C(=O)NN. The first-order valence-electron chi connectivity index (χ1n) is 4.95. The second-order valence-corrected chi connectivity index (χ2v) is 4.42. The maximum atomic E-state index is 11.3. The summed E-state index contributed by atoms with van der Waals surface area (Å²) in [5.74, 6) is 4.37. The average molecular weight is 242 g/mol. The van der Waals surface area contributed by atoms with Crippen molar-refractivity contribution < 1.29 is 7.54 Å². The Hall–Kier alpha value is -1.31. The Kier molecular flexibility index (Phi) is 2.14. The molecule has 3 N–H and O–H groups in total. The fourth-order valence-electron chi connectivity index (χ4n) is 0.927. The topological polar surface area (TPSA) is 80.9 Å². The third kappa shape index (κ3) is 2.04. The number of hydrazine groups is 1. The van der Waals surface area contributed by atoms with Crippen LogP contribution in [-0.4, -0.2) is 15.9 Å². The number of amides is 1. The second-order valence-electron chi connectivity index (χ2n) is 2.63. The van der Waals surface area contributed by atoms with Crippen molar-refractivity contribution in [3.05, 3.63) is 21.4 Å². The van der Waals surface area contributed by atoms with E-state index in [2.05, 4.69) is 9.97 Å². The van der Waals surface area contributed by atoms with E-state index < -0.39 is 5.91 Å². The number of hydrogen-bond acceptors (Lipinski definition) is 6. The van der Waals surface area contributed by atoms with Crippen LogP contribution in [0, 0.1) is 6.92 Å². The highest BCUT2D eigenvalue weighted by atomic mass is 32.1. The molecule has 2 aromatic heterocycles. The molecule has 78 valence electrons. The van der Waals surface area contributed by atoms with Gasteiger partial charge >= 0.3 is 0 Å². The molecule has 0 saturated carbocycles. The van der Waals surface area contributed by atoms with Crippen LogP contribution < -0.4 is 11.3 Å². The molecule has 0 bridgehead atoms. The average Bonchev–Trinajstić information content (AvgIpc) is 2.80. The first-order chi connectivity index (χ1) is 8.02. The summed E-state index contributed by atoms with van der Waals surface area (Å²) in [6, 6.07) is 0. The highest BCUT2D eigenvalue weighted by Crippen LogP contribution is 2.24. The number of carbonyl (C=O) groups is 1. The Morgan fingerprint density at radius 1 is 1.53 bits per heavy atom. The number of nitrogen functional groups attached to an aromatic ring is 1. The van der Waals surface area contributed by atoms with Gasteiger partial charge in [0.15, 0.2) is 0 Å². The normalized spacial score (nSPS) is 12.1. The molecule has 2 aromatic rings. The van der Waals surface area contributed by atoms with Gasteiger partial charge in [0.05, 0.1) is 7.75 Å². The van der Waals surface area contributed by atoms with Gasteiger partial charge in [-0.05, 0) is 6.92 Å². The summed E-state index contributed by atoms with van der Waals surface area (Å²) in [6.07, 6.45) is 0. The van der Waals surface area contributed by atoms with Gasteiger partial charge in [0.1, 0.15) is 16.4 Å². The number of aromatic nitrogens is 2. The number of carbonyl (C=O) groups excluding carboxylic acids is 1. The van der Waals surface area contributed by atoms with E-state index in [1.807, 2.05) is 5.43 Å². The summed E-state index contributed by atoms with van der Waals surface area (Å²) >= 11 is 2.23. The lowest BCUT2D eigenvalue weighted by Gasteiger charge is -1.91. The number of nitrogens with one attached hydrogen (secondary N) is 1. The number of hydrogen-bond donors (Lipinski definition) is 2. The summed E-state index contributed by atoms with van der Waals surface area (Å²) in [5.41, 5.74) is 2.29. The predicted octanol–water partition coefficient (Wildman–Crippen LogP) is 1.18. The van der Waals surface area contributed by atoms with Crippen LogP contribution >= 0.6 is 22.7 Å². The molecule has 5 nitrogen and oxygen atoms in total. The Morgan fingerprint density at radius 3 is 2.93 bits per heavy atom. The third-order valence-electron chi connectivity index (χ3n) is 1.57. The van der Waals surface area contributed by atoms with Crippen LogP contribution in [0.2, 0.25) is 0 Å². The van der Waals surface area contributed by atoms with Gasteiger partial charge in [-0.25, -0.2) is 15.8 Å². The molecule has 0 saturated heterocycles. The van der Waals surface area contributed by atoms with Gasteiger partial charge < -0.3 is 0 Å². The van der Waals surface area contributed by atoms with Gasteiger partial charge in [-0.2, -0.15) is 0 Å². The number of aryl methyl sites for hydroxylation is 1. The summed E-state index contributed by atoms with van der Waals surface area (Å²) < 4.78 is 15.3. The quantitative estimate of drug-likeness (QED) is 0.471. The van der Waals surface area contributed by atoms with E-state index in [1.165, 1.54) is 11.3 Å². The van der Waals surface area contributed by atoms with Gasteiger partial charge in [0.2, 0.25) is 0 Å². The summed E-state index contributed by atoms with van der Waals surface area (Å²) in [7, 11) is 0. The molecule has 0 fully saturated rings. The lowest BCUT2D eigenvalue weighted by atomic mass is 10.4. The van der Waals surface area contributed by atoms with Crippen LogP contribution in [0.3, 0.4) is 0 Å². The zero-order valence-corrected chi connectivity index (χ0v) is 9.33. The van der Waals surface area contributed by atoms with Crippen LogP contribution in [0.15, 0.2) is 10.7 Å². The minimum Gasteiger partial charge on any atom is -0.289 e. The van der Waals surface area contributed by atoms with E-state index >= 15 is 0 Å². The molecule has 0 atom stereocenters. The van der Waals surface area contributed by atoms with Crippen molar-refractivity contribution in [2.45, 2.75) is 6.92 Å². The minimum absolute atomic E-state index is 0.00741. The monoisotopic (exact) mass is 242 g/mol. The molecule has 0 aliphatic heterocycles. The summed E-state index contributed by atoms with van der Waals surface area (Å²) in [4.78, 5) is 19.4. The van der Waals surface area contributed by atoms with E-state index in [1.54, 1.807) is 6.92 Å². The highest BCUT2D eigenvalue weighted by molar-refractivity contribution is 7.14. The Bertz CT molecular complexity index is 580. The molecule has 2 rings (SSSR count). The van der Waals surface area contributed by atoms with E-state index in [0.717, 1.165) is 16.3 Å². The molecular formula is C8H8N4OS2. The highest BCUT2D eigenvalue weighted by Gasteiger charge is 2.11. The van der Waals surface area contributed by atoms with Gasteiger partial charge in [-0.3, -0.25) is 10.2 Å². The first-order valence-corrected chi connectivity index (χ1v) is 5.59. The lowest BCUT2D eigenvalue weighted by molar-refractivity contribution is 0.0949. The van der Waals surface area contributed by atoms with Gasteiger partial charge in [-0.1, -0.05) is 0 Å². The first kappa shape index (κ1) is 7.91. The molecule has 15 heavy (non-hydrogen) atoms. The fraction of sp³-hybridized carbons (Fsp3) is 0.125. The third-order valence-corrected chi connectivity index (χ3v) is 3.03. The molecule has 0 spiro atoms. The van der Waals surface area contributed by atoms with Gasteiger partial charge in [0, 0.05) is 10.7 Å². The van der Waals surface area contributed by atoms with Crippen molar-refractivity contribution in [3.63, 3.8) is 0 Å². The standard InChI is InChI=1S/C8H8N4OS2/c1-4-10-6(3-14-4)8-11-5(2-15-8)7(13)12-9/h2-3H,9H2,1H3,(H,12,13)/i2D,3D. The molecule has 0 radical (unpaired) electrons. The van der Waals surface area contributed by atoms with Crippen molar-refractivity contribution in [2.24, 2.45) is 5.84 Å². The number of rotatable bonds is 2. The van der Waals surface area contributed by atoms with Crippen LogP contribution in [0.1, 0.15) is 18.2 Å². The van der Waals surface area contributed by atoms with E-state index in [-0.39, 0.29) is 16.4 Å². The van der Waals surface area contributed by atoms with Crippen molar-refractivity contribution in [2.75, 3.05) is 0 Å². The van der Waals surface area contributed by atoms with E-state index in [0.29, 0.717) is 10.7 Å². The molecular weight excluding hydrogens is 232 g/mol. The molecule has 7 heteroatoms. The van der Waals surface area contributed by atoms with Crippen LogP contribution in [0.25, 0.3) is 10.7 Å². The van der Waals surface area contributed by atoms with Crippen LogP contribution in [0.4, 0.5) is 0 Å². The van der Waals surface area contributed by atoms with Crippen molar-refractivity contribution >= 4 is 28.6 Å². The predicted molar refractivity (Wildman–Crippen MR) is 59.6 cm³/mol. The van der Waals surface area contributed by atoms with Crippen molar-refractivity contribution in [1.29, 1.82) is 0 Å². The molecule has 0 aromatic carbocycles. The van der Waals surface area contributed by atoms with E-state index in [9.17, 15) is 4.79 Å². The Balaban J connectivity index is 2.48. The number of nitrogens with zero attached hydrogens (tertiary/aromatic N) is 2. The molecule has 0 unspecified atom stereocenters. The Labute approximate surface area is 96.8 Å². The largest absolute Gasteiger partial charge is 0.289 e. The van der Waals surface area contributed by atoms with Gasteiger partial charge in [0.25, 0.3) is 5.91 Å². The summed E-state index contributed by atoms with van der Waals surface area (Å²) in [5, 5.41) is 1.42. The van der Waals surface area contributed by atoms with Crippen LogP contribution in [-0.2, 0) is 0 Å². The molecule has 1 amide bonds. The molecule has 0 aliphatic carbocycles. The molecule has 2 heterocycles. The minimum atomic E-state index is -0.615.